The van der Waals surface area contributed by atoms with Crippen molar-refractivity contribution in [2.45, 2.75) is 44.8 Å². The van der Waals surface area contributed by atoms with E-state index < -0.39 is 0 Å². The zero-order chi connectivity index (χ0) is 21.2. The molecule has 0 atom stereocenters. The van der Waals surface area contributed by atoms with Crippen molar-refractivity contribution in [3.05, 3.63) is 65.2 Å². The van der Waals surface area contributed by atoms with Crippen molar-refractivity contribution in [1.82, 2.24) is 10.7 Å². The van der Waals surface area contributed by atoms with E-state index in [0.29, 0.717) is 29.1 Å². The number of carbonyl (C=O) groups excluding carboxylic acids is 1. The number of para-hydroxylation sites is 1. The van der Waals surface area contributed by atoms with Crippen LogP contribution in [0.15, 0.2) is 53.6 Å². The summed E-state index contributed by atoms with van der Waals surface area (Å²) in [5.41, 5.74) is 5.20. The summed E-state index contributed by atoms with van der Waals surface area (Å²) in [4.78, 5) is 11.5. The molecule has 0 aromatic heterocycles. The molecular weight excluding hydrogens is 398 g/mol. The number of ether oxygens (including phenoxy) is 2. The molecule has 0 saturated heterocycles. The van der Waals surface area contributed by atoms with Crippen LogP contribution in [0.2, 0.25) is 0 Å². The van der Waals surface area contributed by atoms with Gasteiger partial charge in [0.25, 0.3) is 0 Å². The molecule has 30 heavy (non-hydrogen) atoms. The molecule has 2 N–H and O–H groups in total. The van der Waals surface area contributed by atoms with E-state index in [0.717, 1.165) is 24.0 Å². The lowest BCUT2D eigenvalue weighted by atomic mass is 9.96. The topological polar surface area (TPSA) is 72.0 Å². The van der Waals surface area contributed by atoms with Crippen molar-refractivity contribution in [2.75, 3.05) is 7.11 Å². The monoisotopic (exact) mass is 425 g/mol. The summed E-state index contributed by atoms with van der Waals surface area (Å²) in [6.07, 6.45) is 7.82. The summed E-state index contributed by atoms with van der Waals surface area (Å²) in [5, 5.41) is 8.12. The highest BCUT2D eigenvalue weighted by Gasteiger charge is 2.13. The molecule has 6 nitrogen and oxygen atoms in total. The van der Waals surface area contributed by atoms with E-state index in [-0.39, 0.29) is 5.97 Å². The number of methoxy groups -OCH3 is 1. The summed E-state index contributed by atoms with van der Waals surface area (Å²) < 4.78 is 10.7. The molecule has 7 heteroatoms. The van der Waals surface area contributed by atoms with E-state index in [1.54, 1.807) is 18.3 Å². The Balaban J connectivity index is 1.53. The molecule has 0 spiro atoms. The van der Waals surface area contributed by atoms with Crippen molar-refractivity contribution in [3.8, 4) is 5.75 Å². The van der Waals surface area contributed by atoms with E-state index >= 15 is 0 Å². The number of hydrogen-bond donors (Lipinski definition) is 2. The second-order valence-corrected chi connectivity index (χ2v) is 7.60. The molecule has 2 aromatic carbocycles. The Morgan fingerprint density at radius 2 is 1.87 bits per heavy atom. The summed E-state index contributed by atoms with van der Waals surface area (Å²) in [6.45, 7) is 0.376. The fraction of sp³-hybridized carbons (Fsp3) is 0.348. The lowest BCUT2D eigenvalue weighted by molar-refractivity contribution is 0.0600. The van der Waals surface area contributed by atoms with Gasteiger partial charge in [0.15, 0.2) is 5.11 Å². The first-order valence-corrected chi connectivity index (χ1v) is 10.5. The minimum atomic E-state index is -0.354. The van der Waals surface area contributed by atoms with Gasteiger partial charge in [-0.25, -0.2) is 4.79 Å². The minimum absolute atomic E-state index is 0.354. The molecule has 0 amide bonds. The van der Waals surface area contributed by atoms with Crippen LogP contribution in [0.5, 0.6) is 5.75 Å². The first-order chi connectivity index (χ1) is 14.7. The van der Waals surface area contributed by atoms with Gasteiger partial charge in [-0.1, -0.05) is 43.5 Å². The Hall–Kier alpha value is -2.93. The fourth-order valence-corrected chi connectivity index (χ4v) is 3.58. The zero-order valence-electron chi connectivity index (χ0n) is 17.1. The lowest BCUT2D eigenvalue weighted by Crippen LogP contribution is -2.40. The van der Waals surface area contributed by atoms with Crippen LogP contribution in [0.3, 0.4) is 0 Å². The maximum Gasteiger partial charge on any atom is 0.337 e. The van der Waals surface area contributed by atoms with Crippen molar-refractivity contribution in [2.24, 2.45) is 5.10 Å². The van der Waals surface area contributed by atoms with E-state index in [9.17, 15) is 4.79 Å². The Labute approximate surface area is 182 Å². The molecule has 1 aliphatic rings. The molecule has 1 fully saturated rings. The normalized spacial score (nSPS) is 14.3. The van der Waals surface area contributed by atoms with Crippen LogP contribution < -0.4 is 15.5 Å². The maximum atomic E-state index is 11.5. The average molecular weight is 426 g/mol. The predicted molar refractivity (Wildman–Crippen MR) is 122 cm³/mol. The lowest BCUT2D eigenvalue weighted by Gasteiger charge is -2.23. The molecule has 3 rings (SSSR count). The summed E-state index contributed by atoms with van der Waals surface area (Å²) in [5.74, 6) is 0.360. The molecular formula is C23H27N3O3S. The van der Waals surface area contributed by atoms with E-state index in [1.165, 1.54) is 26.4 Å². The van der Waals surface area contributed by atoms with Gasteiger partial charge in [0.2, 0.25) is 0 Å². The number of thiocarbonyl (C=S) groups is 1. The highest BCUT2D eigenvalue weighted by molar-refractivity contribution is 7.80. The molecule has 158 valence electrons. The molecule has 0 bridgehead atoms. The Bertz CT molecular complexity index is 878. The first kappa shape index (κ1) is 21.8. The third kappa shape index (κ3) is 6.56. The largest absolute Gasteiger partial charge is 0.488 e. The average Bonchev–Trinajstić information content (AvgIpc) is 2.79. The first-order valence-electron chi connectivity index (χ1n) is 10.1. The maximum absolute atomic E-state index is 11.5. The summed E-state index contributed by atoms with van der Waals surface area (Å²) in [6, 6.07) is 15.2. The van der Waals surface area contributed by atoms with Gasteiger partial charge in [0, 0.05) is 11.6 Å². The van der Waals surface area contributed by atoms with Crippen LogP contribution in [0.4, 0.5) is 0 Å². The van der Waals surface area contributed by atoms with E-state index in [2.05, 4.69) is 15.8 Å². The second-order valence-electron chi connectivity index (χ2n) is 7.19. The summed E-state index contributed by atoms with van der Waals surface area (Å²) >= 11 is 5.34. The number of nitrogens with one attached hydrogen (secondary N) is 2. The standard InChI is InChI=1S/C23H27N3O3S/c1-28-22(27)18-13-11-17(12-14-18)16-29-21-10-6-5-7-19(21)15-24-26-23(30)25-20-8-3-2-4-9-20/h5-7,10-15,20H,2-4,8-9,16H2,1H3,(H2,25,26,30). The van der Waals surface area contributed by atoms with Crippen LogP contribution in [-0.2, 0) is 11.3 Å². The highest BCUT2D eigenvalue weighted by Crippen LogP contribution is 2.18. The number of hydrogen-bond acceptors (Lipinski definition) is 5. The Kier molecular flexibility index (Phi) is 8.20. The number of rotatable bonds is 7. The number of nitrogens with zero attached hydrogens (tertiary/aromatic N) is 1. The molecule has 1 saturated carbocycles. The van der Waals surface area contributed by atoms with E-state index in [1.807, 2.05) is 36.4 Å². The second kappa shape index (κ2) is 11.3. The van der Waals surface area contributed by atoms with Gasteiger partial charge in [-0.15, -0.1) is 0 Å². The molecule has 0 heterocycles. The van der Waals surface area contributed by atoms with Crippen molar-refractivity contribution in [1.29, 1.82) is 0 Å². The third-order valence-corrected chi connectivity index (χ3v) is 5.21. The van der Waals surface area contributed by atoms with Gasteiger partial charge in [0.05, 0.1) is 18.9 Å². The molecule has 0 unspecified atom stereocenters. The Morgan fingerprint density at radius 3 is 2.60 bits per heavy atom. The molecule has 1 aliphatic carbocycles. The molecule has 0 radical (unpaired) electrons. The van der Waals surface area contributed by atoms with Crippen LogP contribution in [0.25, 0.3) is 0 Å². The van der Waals surface area contributed by atoms with Crippen molar-refractivity contribution < 1.29 is 14.3 Å². The van der Waals surface area contributed by atoms with Gasteiger partial charge in [0.1, 0.15) is 12.4 Å². The number of esters is 1. The number of hydrazone groups is 1. The minimum Gasteiger partial charge on any atom is -0.488 e. The third-order valence-electron chi connectivity index (χ3n) is 5.00. The number of carbonyl (C=O) groups is 1. The number of benzene rings is 2. The SMILES string of the molecule is COC(=O)c1ccc(COc2ccccc2C=NNC(=S)NC2CCCCC2)cc1. The van der Waals surface area contributed by atoms with Crippen LogP contribution in [0, 0.1) is 0 Å². The molecule has 0 aliphatic heterocycles. The van der Waals surface area contributed by atoms with Crippen LogP contribution >= 0.6 is 12.2 Å². The van der Waals surface area contributed by atoms with Gasteiger partial charge in [-0.2, -0.15) is 5.10 Å². The van der Waals surface area contributed by atoms with Gasteiger partial charge in [-0.3, -0.25) is 5.43 Å². The summed E-state index contributed by atoms with van der Waals surface area (Å²) in [7, 11) is 1.37. The Morgan fingerprint density at radius 1 is 1.13 bits per heavy atom. The van der Waals surface area contributed by atoms with Gasteiger partial charge < -0.3 is 14.8 Å². The van der Waals surface area contributed by atoms with Crippen molar-refractivity contribution >= 4 is 29.5 Å². The van der Waals surface area contributed by atoms with Gasteiger partial charge in [-0.05, 0) is 54.9 Å². The zero-order valence-corrected chi connectivity index (χ0v) is 17.9. The van der Waals surface area contributed by atoms with Gasteiger partial charge >= 0.3 is 5.97 Å². The van der Waals surface area contributed by atoms with Crippen molar-refractivity contribution in [3.63, 3.8) is 0 Å². The fourth-order valence-electron chi connectivity index (χ4n) is 3.36. The highest BCUT2D eigenvalue weighted by atomic mass is 32.1. The van der Waals surface area contributed by atoms with E-state index in [4.69, 9.17) is 21.7 Å². The van der Waals surface area contributed by atoms with Crippen LogP contribution in [0.1, 0.15) is 53.6 Å². The molecule has 2 aromatic rings. The predicted octanol–water partition coefficient (Wildman–Crippen LogP) is 4.18. The quantitative estimate of drug-likeness (QED) is 0.300. The smallest absolute Gasteiger partial charge is 0.337 e. The van der Waals surface area contributed by atoms with Crippen LogP contribution in [-0.4, -0.2) is 30.4 Å².